The van der Waals surface area contributed by atoms with Gasteiger partial charge in [-0.25, -0.2) is 0 Å². The van der Waals surface area contributed by atoms with Crippen LogP contribution in [0.4, 0.5) is 0 Å². The molecule has 3 atom stereocenters. The lowest BCUT2D eigenvalue weighted by Crippen LogP contribution is -2.32. The lowest BCUT2D eigenvalue weighted by molar-refractivity contribution is 0.0876. The number of rotatable bonds is 7. The molecule has 2 aliphatic rings. The van der Waals surface area contributed by atoms with E-state index in [-0.39, 0.29) is 57.4 Å². The van der Waals surface area contributed by atoms with Crippen LogP contribution >= 0.6 is 0 Å². The first-order valence-electron chi connectivity index (χ1n) is 15.9. The average Bonchev–Trinajstić information content (AvgIpc) is 3.03. The number of ketones is 2. The molecule has 0 radical (unpaired) electrons. The van der Waals surface area contributed by atoms with Crippen molar-refractivity contribution in [2.45, 2.75) is 44.6 Å². The van der Waals surface area contributed by atoms with E-state index in [9.17, 15) is 45.3 Å². The molecule has 3 unspecified atom stereocenters. The minimum atomic E-state index is -1.14. The van der Waals surface area contributed by atoms with Gasteiger partial charge in [0.2, 0.25) is 0 Å². The zero-order valence-corrected chi connectivity index (χ0v) is 27.5. The molecular formula is C40H36O10. The topological polar surface area (TPSA) is 185 Å². The van der Waals surface area contributed by atoms with Crippen molar-refractivity contribution in [1.29, 1.82) is 0 Å². The monoisotopic (exact) mass is 676 g/mol. The summed E-state index contributed by atoms with van der Waals surface area (Å²) >= 11 is 0. The molecule has 50 heavy (non-hydrogen) atoms. The highest BCUT2D eigenvalue weighted by atomic mass is 16.5. The molecule has 4 aromatic carbocycles. The number of phenolic OH excluding ortho intramolecular Hbond substituents is 7. The fourth-order valence-corrected chi connectivity index (χ4v) is 6.83. The third-order valence-corrected chi connectivity index (χ3v) is 9.23. The van der Waals surface area contributed by atoms with Gasteiger partial charge in [0.1, 0.15) is 51.6 Å². The Morgan fingerprint density at radius 3 is 2.18 bits per heavy atom. The molecule has 10 heteroatoms. The van der Waals surface area contributed by atoms with E-state index in [4.69, 9.17) is 4.74 Å². The first-order chi connectivity index (χ1) is 23.6. The quantitative estimate of drug-likeness (QED) is 0.0590. The Morgan fingerprint density at radius 1 is 0.800 bits per heavy atom. The van der Waals surface area contributed by atoms with Gasteiger partial charge in [0.05, 0.1) is 16.7 Å². The maximum Gasteiger partial charge on any atom is 0.189 e. The molecule has 0 spiro atoms. The van der Waals surface area contributed by atoms with Crippen LogP contribution in [0.15, 0.2) is 84.5 Å². The van der Waals surface area contributed by atoms with Crippen LogP contribution in [-0.4, -0.2) is 52.9 Å². The predicted octanol–water partition coefficient (Wildman–Crippen LogP) is 7.42. The molecule has 0 amide bonds. The summed E-state index contributed by atoms with van der Waals surface area (Å²) in [6.07, 6.45) is 7.84. The Morgan fingerprint density at radius 2 is 1.48 bits per heavy atom. The molecule has 0 bridgehead atoms. The smallest absolute Gasteiger partial charge is 0.189 e. The van der Waals surface area contributed by atoms with E-state index in [1.807, 2.05) is 13.8 Å². The zero-order valence-electron chi connectivity index (χ0n) is 27.5. The summed E-state index contributed by atoms with van der Waals surface area (Å²) in [4.78, 5) is 28.2. The summed E-state index contributed by atoms with van der Waals surface area (Å²) in [6.45, 7) is 5.50. The van der Waals surface area contributed by atoms with Crippen molar-refractivity contribution in [2.75, 3.05) is 0 Å². The number of ether oxygens (including phenoxy) is 1. The Labute approximate surface area is 287 Å². The van der Waals surface area contributed by atoms with Crippen molar-refractivity contribution in [3.05, 3.63) is 118 Å². The normalized spacial score (nSPS) is 19.4. The van der Waals surface area contributed by atoms with Gasteiger partial charge in [-0.2, -0.15) is 0 Å². The number of allylic oxidation sites excluding steroid dienone is 3. The number of hydrogen-bond donors (Lipinski definition) is 7. The van der Waals surface area contributed by atoms with Crippen LogP contribution in [-0.2, 0) is 0 Å². The Balaban J connectivity index is 1.49. The maximum atomic E-state index is 14.8. The molecule has 0 fully saturated rings. The lowest BCUT2D eigenvalue weighted by atomic mass is 9.65. The number of aromatic hydroxyl groups is 7. The van der Waals surface area contributed by atoms with Gasteiger partial charge in [0.15, 0.2) is 11.6 Å². The van der Waals surface area contributed by atoms with Crippen molar-refractivity contribution >= 4 is 23.7 Å². The van der Waals surface area contributed by atoms with E-state index in [1.165, 1.54) is 48.5 Å². The number of hydrogen-bond acceptors (Lipinski definition) is 10. The van der Waals surface area contributed by atoms with Gasteiger partial charge in [0.25, 0.3) is 0 Å². The van der Waals surface area contributed by atoms with Crippen LogP contribution in [0.1, 0.15) is 82.0 Å². The van der Waals surface area contributed by atoms with E-state index in [0.717, 1.165) is 23.8 Å². The Hall–Kier alpha value is -6.16. The molecule has 10 nitrogen and oxygen atoms in total. The fraction of sp³-hybridized carbons (Fsp3) is 0.200. The molecule has 1 aliphatic carbocycles. The number of benzene rings is 4. The molecule has 0 saturated carbocycles. The second-order valence-corrected chi connectivity index (χ2v) is 13.2. The van der Waals surface area contributed by atoms with Crippen LogP contribution in [0.25, 0.3) is 12.2 Å². The molecular weight excluding hydrogens is 640 g/mol. The molecule has 256 valence electrons. The summed E-state index contributed by atoms with van der Waals surface area (Å²) in [5.74, 6) is -6.02. The standard InChI is InChI=1S/C40H36O10/c1-20-16-28(24-8-7-23(42)19-33(24)46)35(39(49)27-10-13-34-26(37(27)47)14-15-40(2,3)50-34)29(17-20)36-31(44)12-9-25(38(36)48)30(43)11-5-21-4-6-22(41)18-32(21)45/h4-15,17-19,28-29,35,41-42,44-48H,16H2,1-3H3/b11-5+. The van der Waals surface area contributed by atoms with Crippen molar-refractivity contribution in [3.8, 4) is 46.0 Å². The number of fused-ring (bicyclic) bond motifs is 1. The average molecular weight is 677 g/mol. The number of Topliss-reactive ketones (excluding diaryl/α,β-unsaturated/α-hetero) is 1. The number of carbonyl (C=O) groups excluding carboxylic acids is 2. The highest BCUT2D eigenvalue weighted by molar-refractivity contribution is 6.09. The third kappa shape index (κ3) is 6.23. The minimum Gasteiger partial charge on any atom is -0.508 e. The Bertz CT molecular complexity index is 2140. The molecule has 1 heterocycles. The second kappa shape index (κ2) is 12.7. The molecule has 6 rings (SSSR count). The minimum absolute atomic E-state index is 0.0502. The number of phenols is 7. The predicted molar refractivity (Wildman–Crippen MR) is 186 cm³/mol. The Kier molecular flexibility index (Phi) is 8.57. The molecule has 4 aromatic rings. The highest BCUT2D eigenvalue weighted by Gasteiger charge is 2.44. The van der Waals surface area contributed by atoms with E-state index in [2.05, 4.69) is 0 Å². The molecule has 0 aromatic heterocycles. The second-order valence-electron chi connectivity index (χ2n) is 13.2. The summed E-state index contributed by atoms with van der Waals surface area (Å²) in [6, 6.07) is 13.4. The molecule has 0 saturated heterocycles. The van der Waals surface area contributed by atoms with Crippen LogP contribution in [0.5, 0.6) is 46.0 Å². The fourth-order valence-electron chi connectivity index (χ4n) is 6.83. The van der Waals surface area contributed by atoms with Crippen molar-refractivity contribution in [1.82, 2.24) is 0 Å². The molecule has 7 N–H and O–H groups in total. The van der Waals surface area contributed by atoms with Gasteiger partial charge in [0, 0.05) is 41.0 Å². The summed E-state index contributed by atoms with van der Waals surface area (Å²) in [7, 11) is 0. The van der Waals surface area contributed by atoms with E-state index >= 15 is 0 Å². The largest absolute Gasteiger partial charge is 0.508 e. The third-order valence-electron chi connectivity index (χ3n) is 9.23. The van der Waals surface area contributed by atoms with Crippen LogP contribution in [0, 0.1) is 5.92 Å². The van der Waals surface area contributed by atoms with E-state index in [0.29, 0.717) is 16.9 Å². The van der Waals surface area contributed by atoms with Gasteiger partial charge in [-0.15, -0.1) is 0 Å². The SMILES string of the molecule is CC1=CC(c2c(O)ccc(C(=O)/C=C/c3ccc(O)cc3O)c2O)C(C(=O)c2ccc3c(c2O)C=CC(C)(C)O3)C(c2ccc(O)cc2O)C1. The zero-order chi connectivity index (χ0) is 36.1. The van der Waals surface area contributed by atoms with Crippen molar-refractivity contribution in [3.63, 3.8) is 0 Å². The van der Waals surface area contributed by atoms with Gasteiger partial charge in [-0.05, 0) is 99.5 Å². The molecule has 1 aliphatic heterocycles. The van der Waals surface area contributed by atoms with E-state index in [1.54, 1.807) is 31.2 Å². The van der Waals surface area contributed by atoms with Gasteiger partial charge < -0.3 is 40.5 Å². The van der Waals surface area contributed by atoms with Crippen molar-refractivity contribution < 1.29 is 50.1 Å². The number of carbonyl (C=O) groups is 2. The van der Waals surface area contributed by atoms with Gasteiger partial charge >= 0.3 is 0 Å². The van der Waals surface area contributed by atoms with Gasteiger partial charge in [-0.3, -0.25) is 9.59 Å². The maximum absolute atomic E-state index is 14.8. The van der Waals surface area contributed by atoms with Crippen LogP contribution in [0.2, 0.25) is 0 Å². The first-order valence-corrected chi connectivity index (χ1v) is 15.9. The lowest BCUT2D eigenvalue weighted by Gasteiger charge is -2.37. The van der Waals surface area contributed by atoms with Crippen molar-refractivity contribution in [2.24, 2.45) is 5.92 Å². The van der Waals surface area contributed by atoms with E-state index < -0.39 is 46.4 Å². The summed E-state index contributed by atoms with van der Waals surface area (Å²) in [5.41, 5.74) is 0.623. The van der Waals surface area contributed by atoms with Crippen LogP contribution in [0.3, 0.4) is 0 Å². The van der Waals surface area contributed by atoms with Crippen LogP contribution < -0.4 is 4.74 Å². The summed E-state index contributed by atoms with van der Waals surface area (Å²) in [5, 5.41) is 75.1. The highest BCUT2D eigenvalue weighted by Crippen LogP contribution is 2.53. The van der Waals surface area contributed by atoms with Gasteiger partial charge in [-0.1, -0.05) is 17.7 Å². The summed E-state index contributed by atoms with van der Waals surface area (Å²) < 4.78 is 5.98. The first kappa shape index (κ1) is 33.7.